The number of nitrogens with zero attached hydrogens (tertiary/aromatic N) is 2. The van der Waals surface area contributed by atoms with E-state index in [4.69, 9.17) is 4.74 Å². The number of aliphatic hydroxyl groups excluding tert-OH is 1. The van der Waals surface area contributed by atoms with Gasteiger partial charge in [-0.3, -0.25) is 14.6 Å². The van der Waals surface area contributed by atoms with Crippen molar-refractivity contribution in [1.82, 2.24) is 9.88 Å². The molecule has 1 N–H and O–H groups in total. The van der Waals surface area contributed by atoms with Gasteiger partial charge in [0.05, 0.1) is 18.2 Å². The molecule has 1 aliphatic rings. The Balaban J connectivity index is 1.77. The monoisotopic (exact) mass is 470 g/mol. The summed E-state index contributed by atoms with van der Waals surface area (Å²) in [5.41, 5.74) is 4.03. The number of Topliss-reactive ketones (excluding diaryl/α,β-unsaturated/α-hetero) is 1. The smallest absolute Gasteiger partial charge is 0.295 e. The number of ketones is 1. The third-order valence-electron chi connectivity index (χ3n) is 6.21. The van der Waals surface area contributed by atoms with Crippen molar-refractivity contribution in [2.75, 3.05) is 6.61 Å². The number of ether oxygens (including phenoxy) is 1. The molecular weight excluding hydrogens is 440 g/mol. The number of amides is 1. The fraction of sp³-hybridized carbons (Fsp3) is 0.276. The lowest BCUT2D eigenvalue weighted by atomic mass is 9.94. The first kappa shape index (κ1) is 24.2. The molecule has 3 aromatic rings. The number of carbonyl (C=O) groups excluding carboxylic acids is 2. The standard InChI is InChI=1S/C29H30N2O4/c1-4-5-15-35-24-13-12-23(16-20(24)3)27(32)25-26(22-10-8-19(2)9-11-22)31(29(34)28(25)33)18-21-7-6-14-30-17-21/h6-14,16-17,26,32H,4-5,15,18H2,1-3H3/b27-25+/t26-/m0/s1. The fourth-order valence-electron chi connectivity index (χ4n) is 4.27. The number of carbonyl (C=O) groups is 2. The zero-order chi connectivity index (χ0) is 24.9. The van der Waals surface area contributed by atoms with Gasteiger partial charge in [0.2, 0.25) is 0 Å². The number of rotatable bonds is 8. The molecule has 6 nitrogen and oxygen atoms in total. The molecule has 0 radical (unpaired) electrons. The number of unbranched alkanes of at least 4 members (excludes halogenated alkanes) is 1. The molecule has 35 heavy (non-hydrogen) atoms. The molecule has 1 atom stereocenters. The van der Waals surface area contributed by atoms with E-state index < -0.39 is 17.7 Å². The summed E-state index contributed by atoms with van der Waals surface area (Å²) in [5, 5.41) is 11.3. The summed E-state index contributed by atoms with van der Waals surface area (Å²) in [7, 11) is 0. The van der Waals surface area contributed by atoms with Crippen LogP contribution in [0.15, 0.2) is 72.6 Å². The van der Waals surface area contributed by atoms with Gasteiger partial charge in [-0.15, -0.1) is 0 Å². The number of aryl methyl sites for hydroxylation is 2. The van der Waals surface area contributed by atoms with E-state index in [0.29, 0.717) is 12.2 Å². The maximum absolute atomic E-state index is 13.2. The molecule has 0 aliphatic carbocycles. The van der Waals surface area contributed by atoms with Gasteiger partial charge in [0, 0.05) is 24.5 Å². The molecular formula is C29H30N2O4. The summed E-state index contributed by atoms with van der Waals surface area (Å²) in [6.45, 7) is 6.80. The van der Waals surface area contributed by atoms with Crippen LogP contribution in [0.1, 0.15) is 53.6 Å². The van der Waals surface area contributed by atoms with Gasteiger partial charge in [-0.2, -0.15) is 0 Å². The first-order valence-electron chi connectivity index (χ1n) is 11.9. The predicted octanol–water partition coefficient (Wildman–Crippen LogP) is 5.50. The molecule has 2 aromatic carbocycles. The van der Waals surface area contributed by atoms with Crippen molar-refractivity contribution in [2.24, 2.45) is 0 Å². The van der Waals surface area contributed by atoms with Crippen molar-refractivity contribution in [1.29, 1.82) is 0 Å². The lowest BCUT2D eigenvalue weighted by Crippen LogP contribution is -2.29. The lowest BCUT2D eigenvalue weighted by molar-refractivity contribution is -0.140. The van der Waals surface area contributed by atoms with Crippen molar-refractivity contribution in [3.05, 3.63) is 100 Å². The van der Waals surface area contributed by atoms with Crippen LogP contribution in [0.3, 0.4) is 0 Å². The second-order valence-corrected chi connectivity index (χ2v) is 8.88. The van der Waals surface area contributed by atoms with Crippen molar-refractivity contribution in [2.45, 2.75) is 46.2 Å². The fourth-order valence-corrected chi connectivity index (χ4v) is 4.27. The zero-order valence-electron chi connectivity index (χ0n) is 20.3. The van der Waals surface area contributed by atoms with Gasteiger partial charge in [-0.25, -0.2) is 0 Å². The van der Waals surface area contributed by atoms with Crippen LogP contribution < -0.4 is 4.74 Å². The van der Waals surface area contributed by atoms with E-state index in [-0.39, 0.29) is 17.9 Å². The van der Waals surface area contributed by atoms with Crippen LogP contribution in [0.2, 0.25) is 0 Å². The highest BCUT2D eigenvalue weighted by Crippen LogP contribution is 2.40. The number of benzene rings is 2. The van der Waals surface area contributed by atoms with Crippen LogP contribution in [0, 0.1) is 13.8 Å². The van der Waals surface area contributed by atoms with E-state index >= 15 is 0 Å². The topological polar surface area (TPSA) is 79.7 Å². The molecule has 180 valence electrons. The number of aliphatic hydroxyl groups is 1. The van der Waals surface area contributed by atoms with Crippen LogP contribution in [-0.2, 0) is 16.1 Å². The van der Waals surface area contributed by atoms with Gasteiger partial charge < -0.3 is 14.7 Å². The number of aromatic nitrogens is 1. The molecule has 0 spiro atoms. The Labute approximate surface area is 205 Å². The minimum atomic E-state index is -0.711. The second-order valence-electron chi connectivity index (χ2n) is 8.88. The molecule has 1 aliphatic heterocycles. The summed E-state index contributed by atoms with van der Waals surface area (Å²) in [6, 6.07) is 15.9. The van der Waals surface area contributed by atoms with Crippen molar-refractivity contribution >= 4 is 17.4 Å². The molecule has 0 bridgehead atoms. The van der Waals surface area contributed by atoms with E-state index in [9.17, 15) is 14.7 Å². The zero-order valence-corrected chi connectivity index (χ0v) is 20.3. The number of hydrogen-bond acceptors (Lipinski definition) is 5. The van der Waals surface area contributed by atoms with E-state index in [1.54, 1.807) is 36.7 Å². The lowest BCUT2D eigenvalue weighted by Gasteiger charge is -2.25. The van der Waals surface area contributed by atoms with Gasteiger partial charge in [-0.05, 0) is 61.2 Å². The van der Waals surface area contributed by atoms with Gasteiger partial charge in [0.1, 0.15) is 11.5 Å². The molecule has 2 heterocycles. The maximum atomic E-state index is 13.2. The van der Waals surface area contributed by atoms with Gasteiger partial charge >= 0.3 is 0 Å². The Hall–Kier alpha value is -3.93. The second kappa shape index (κ2) is 10.6. The predicted molar refractivity (Wildman–Crippen MR) is 135 cm³/mol. The highest BCUT2D eigenvalue weighted by Gasteiger charge is 2.46. The van der Waals surface area contributed by atoms with E-state index in [2.05, 4.69) is 11.9 Å². The summed E-state index contributed by atoms with van der Waals surface area (Å²) < 4.78 is 5.83. The summed E-state index contributed by atoms with van der Waals surface area (Å²) in [5.74, 6) is -0.789. The Kier molecular flexibility index (Phi) is 7.30. The summed E-state index contributed by atoms with van der Waals surface area (Å²) >= 11 is 0. The minimum Gasteiger partial charge on any atom is -0.507 e. The highest BCUT2D eigenvalue weighted by atomic mass is 16.5. The normalized spacial score (nSPS) is 17.1. The van der Waals surface area contributed by atoms with Crippen molar-refractivity contribution in [3.8, 4) is 5.75 Å². The Morgan fingerprint density at radius 3 is 2.51 bits per heavy atom. The minimum absolute atomic E-state index is 0.0850. The van der Waals surface area contributed by atoms with Crippen LogP contribution in [0.5, 0.6) is 5.75 Å². The van der Waals surface area contributed by atoms with Crippen LogP contribution in [-0.4, -0.2) is 33.3 Å². The van der Waals surface area contributed by atoms with Crippen LogP contribution in [0.25, 0.3) is 5.76 Å². The first-order chi connectivity index (χ1) is 16.9. The van der Waals surface area contributed by atoms with Crippen molar-refractivity contribution in [3.63, 3.8) is 0 Å². The molecule has 0 saturated carbocycles. The molecule has 4 rings (SSSR count). The molecule has 1 saturated heterocycles. The quantitative estimate of drug-likeness (QED) is 0.204. The molecule has 6 heteroatoms. The van der Waals surface area contributed by atoms with E-state index in [0.717, 1.165) is 40.8 Å². The number of pyridine rings is 1. The maximum Gasteiger partial charge on any atom is 0.295 e. The Bertz CT molecular complexity index is 1250. The Morgan fingerprint density at radius 2 is 1.86 bits per heavy atom. The molecule has 1 amide bonds. The first-order valence-corrected chi connectivity index (χ1v) is 11.9. The third kappa shape index (κ3) is 5.11. The molecule has 1 fully saturated rings. The van der Waals surface area contributed by atoms with Gasteiger partial charge in [0.25, 0.3) is 11.7 Å². The largest absolute Gasteiger partial charge is 0.507 e. The average Bonchev–Trinajstić information content (AvgIpc) is 3.10. The van der Waals surface area contributed by atoms with E-state index in [1.807, 2.05) is 44.2 Å². The highest BCUT2D eigenvalue weighted by molar-refractivity contribution is 6.46. The van der Waals surface area contributed by atoms with Crippen LogP contribution in [0.4, 0.5) is 0 Å². The van der Waals surface area contributed by atoms with Gasteiger partial charge in [0.15, 0.2) is 0 Å². The van der Waals surface area contributed by atoms with E-state index in [1.165, 1.54) is 4.90 Å². The molecule has 0 unspecified atom stereocenters. The number of hydrogen-bond donors (Lipinski definition) is 1. The summed E-state index contributed by atoms with van der Waals surface area (Å²) in [6.07, 6.45) is 5.33. The third-order valence-corrected chi connectivity index (χ3v) is 6.21. The van der Waals surface area contributed by atoms with Gasteiger partial charge in [-0.1, -0.05) is 49.2 Å². The summed E-state index contributed by atoms with van der Waals surface area (Å²) in [4.78, 5) is 32.0. The SMILES string of the molecule is CCCCOc1ccc(/C(O)=C2\C(=O)C(=O)N(Cc3cccnc3)[C@H]2c2ccc(C)cc2)cc1C. The van der Waals surface area contributed by atoms with Crippen molar-refractivity contribution < 1.29 is 19.4 Å². The Morgan fingerprint density at radius 1 is 1.09 bits per heavy atom. The van der Waals surface area contributed by atoms with Crippen LogP contribution >= 0.6 is 0 Å². The average molecular weight is 471 g/mol. The molecule has 1 aromatic heterocycles. The number of likely N-dealkylation sites (tertiary alicyclic amines) is 1.